The largest absolute Gasteiger partial charge is 0.390 e. The Balaban J connectivity index is 2.38. The van der Waals surface area contributed by atoms with Gasteiger partial charge < -0.3 is 5.11 Å². The summed E-state index contributed by atoms with van der Waals surface area (Å²) in [5.41, 5.74) is -0.560. The molecule has 0 saturated heterocycles. The molecule has 1 N–H and O–H groups in total. The lowest BCUT2D eigenvalue weighted by Gasteiger charge is -2.40. The molecule has 1 aliphatic carbocycles. The minimum atomic E-state index is -0.560. The molecule has 1 fully saturated rings. The van der Waals surface area contributed by atoms with E-state index >= 15 is 0 Å². The van der Waals surface area contributed by atoms with Crippen LogP contribution in [-0.2, 0) is 4.79 Å². The number of hydrogen-bond donors (Lipinski definition) is 1. The van der Waals surface area contributed by atoms with E-state index in [1.54, 1.807) is 6.92 Å². The quantitative estimate of drug-likeness (QED) is 0.655. The maximum absolute atomic E-state index is 11.3. The summed E-state index contributed by atoms with van der Waals surface area (Å²) >= 11 is 0. The standard InChI is InChI=1S/C9H16O2/c1-6(2)8(10)7-4-9(3,11)5-7/h6-7,11H,4-5H2,1-3H3. The Bertz CT molecular complexity index is 162. The summed E-state index contributed by atoms with van der Waals surface area (Å²) in [5, 5.41) is 9.36. The monoisotopic (exact) mass is 156 g/mol. The van der Waals surface area contributed by atoms with Crippen molar-refractivity contribution in [2.75, 3.05) is 0 Å². The van der Waals surface area contributed by atoms with Crippen LogP contribution in [0.15, 0.2) is 0 Å². The van der Waals surface area contributed by atoms with Gasteiger partial charge in [0.2, 0.25) is 0 Å². The smallest absolute Gasteiger partial charge is 0.138 e. The fraction of sp³-hybridized carbons (Fsp3) is 0.889. The Morgan fingerprint density at radius 2 is 2.00 bits per heavy atom. The number of carbonyl (C=O) groups excluding carboxylic acids is 1. The van der Waals surface area contributed by atoms with E-state index in [9.17, 15) is 9.90 Å². The molecule has 0 aromatic rings. The summed E-state index contributed by atoms with van der Waals surface area (Å²) < 4.78 is 0. The molecule has 0 aromatic carbocycles. The summed E-state index contributed by atoms with van der Waals surface area (Å²) in [7, 11) is 0. The van der Waals surface area contributed by atoms with Crippen LogP contribution in [0.5, 0.6) is 0 Å². The molecule has 0 atom stereocenters. The van der Waals surface area contributed by atoms with Gasteiger partial charge in [-0.3, -0.25) is 4.79 Å². The molecule has 11 heavy (non-hydrogen) atoms. The van der Waals surface area contributed by atoms with Crippen molar-refractivity contribution in [2.24, 2.45) is 11.8 Å². The number of ketones is 1. The minimum absolute atomic E-state index is 0.121. The maximum atomic E-state index is 11.3. The molecule has 2 nitrogen and oxygen atoms in total. The Labute approximate surface area is 67.6 Å². The second kappa shape index (κ2) is 2.59. The lowest BCUT2D eigenvalue weighted by atomic mass is 9.68. The van der Waals surface area contributed by atoms with Crippen molar-refractivity contribution in [2.45, 2.75) is 39.2 Å². The summed E-state index contributed by atoms with van der Waals surface area (Å²) in [5.74, 6) is 0.553. The van der Waals surface area contributed by atoms with Gasteiger partial charge in [-0.05, 0) is 19.8 Å². The van der Waals surface area contributed by atoms with Crippen LogP contribution in [0.2, 0.25) is 0 Å². The molecule has 0 bridgehead atoms. The molecule has 0 amide bonds. The molecule has 0 spiro atoms. The molecule has 1 aliphatic rings. The lowest BCUT2D eigenvalue weighted by Crippen LogP contribution is -2.45. The molecule has 1 saturated carbocycles. The van der Waals surface area contributed by atoms with Crippen LogP contribution in [0.3, 0.4) is 0 Å². The maximum Gasteiger partial charge on any atom is 0.138 e. The van der Waals surface area contributed by atoms with E-state index in [1.807, 2.05) is 13.8 Å². The predicted molar refractivity (Wildman–Crippen MR) is 43.2 cm³/mol. The van der Waals surface area contributed by atoms with Gasteiger partial charge in [-0.15, -0.1) is 0 Å². The van der Waals surface area contributed by atoms with Crippen molar-refractivity contribution in [1.82, 2.24) is 0 Å². The van der Waals surface area contributed by atoms with E-state index in [0.29, 0.717) is 18.6 Å². The first-order chi connectivity index (χ1) is 4.92. The van der Waals surface area contributed by atoms with Gasteiger partial charge in [-0.2, -0.15) is 0 Å². The Morgan fingerprint density at radius 3 is 2.27 bits per heavy atom. The van der Waals surface area contributed by atoms with Crippen LogP contribution in [0.25, 0.3) is 0 Å². The van der Waals surface area contributed by atoms with Gasteiger partial charge in [0.15, 0.2) is 0 Å². The van der Waals surface area contributed by atoms with Crippen LogP contribution in [-0.4, -0.2) is 16.5 Å². The van der Waals surface area contributed by atoms with Gasteiger partial charge in [-0.25, -0.2) is 0 Å². The highest BCUT2D eigenvalue weighted by molar-refractivity contribution is 5.83. The van der Waals surface area contributed by atoms with E-state index < -0.39 is 5.60 Å². The fourth-order valence-electron chi connectivity index (χ4n) is 1.67. The molecule has 0 radical (unpaired) electrons. The van der Waals surface area contributed by atoms with Gasteiger partial charge in [0.25, 0.3) is 0 Å². The second-order valence-corrected chi connectivity index (χ2v) is 4.16. The Kier molecular flexibility index (Phi) is 2.06. The van der Waals surface area contributed by atoms with E-state index in [4.69, 9.17) is 0 Å². The SMILES string of the molecule is CC(C)C(=O)C1CC(C)(O)C1. The number of hydrogen-bond acceptors (Lipinski definition) is 2. The average molecular weight is 156 g/mol. The number of aliphatic hydroxyl groups is 1. The van der Waals surface area contributed by atoms with E-state index in [0.717, 1.165) is 0 Å². The molecule has 64 valence electrons. The van der Waals surface area contributed by atoms with Gasteiger partial charge in [0.05, 0.1) is 5.60 Å². The van der Waals surface area contributed by atoms with Crippen LogP contribution in [0.4, 0.5) is 0 Å². The fourth-order valence-corrected chi connectivity index (χ4v) is 1.67. The van der Waals surface area contributed by atoms with Crippen molar-refractivity contribution in [3.63, 3.8) is 0 Å². The molecule has 0 aliphatic heterocycles. The zero-order valence-corrected chi connectivity index (χ0v) is 7.42. The third-order valence-electron chi connectivity index (χ3n) is 2.34. The highest BCUT2D eigenvalue weighted by Crippen LogP contribution is 2.38. The van der Waals surface area contributed by atoms with Gasteiger partial charge in [0.1, 0.15) is 5.78 Å². The van der Waals surface area contributed by atoms with Crippen molar-refractivity contribution >= 4 is 5.78 Å². The predicted octanol–water partition coefficient (Wildman–Crippen LogP) is 1.37. The van der Waals surface area contributed by atoms with Gasteiger partial charge >= 0.3 is 0 Å². The van der Waals surface area contributed by atoms with E-state index in [2.05, 4.69) is 0 Å². The first-order valence-electron chi connectivity index (χ1n) is 4.18. The molecule has 2 heteroatoms. The van der Waals surface area contributed by atoms with Crippen LogP contribution in [0, 0.1) is 11.8 Å². The average Bonchev–Trinajstić information content (AvgIpc) is 1.80. The van der Waals surface area contributed by atoms with Crippen LogP contribution < -0.4 is 0 Å². The van der Waals surface area contributed by atoms with Crippen molar-refractivity contribution in [3.8, 4) is 0 Å². The summed E-state index contributed by atoms with van der Waals surface area (Å²) in [6.45, 7) is 5.61. The lowest BCUT2D eigenvalue weighted by molar-refractivity contribution is -0.139. The van der Waals surface area contributed by atoms with E-state index in [1.165, 1.54) is 0 Å². The third-order valence-corrected chi connectivity index (χ3v) is 2.34. The van der Waals surface area contributed by atoms with Gasteiger partial charge in [0, 0.05) is 11.8 Å². The minimum Gasteiger partial charge on any atom is -0.390 e. The molecule has 0 heterocycles. The van der Waals surface area contributed by atoms with E-state index in [-0.39, 0.29) is 11.8 Å². The highest BCUT2D eigenvalue weighted by atomic mass is 16.3. The number of Topliss-reactive ketones (excluding diaryl/α,β-unsaturated/α-hetero) is 1. The number of rotatable bonds is 2. The zero-order chi connectivity index (χ0) is 8.65. The first-order valence-corrected chi connectivity index (χ1v) is 4.18. The summed E-state index contributed by atoms with van der Waals surface area (Å²) in [4.78, 5) is 11.3. The molecule has 0 unspecified atom stereocenters. The third kappa shape index (κ3) is 1.80. The topological polar surface area (TPSA) is 37.3 Å². The van der Waals surface area contributed by atoms with Crippen molar-refractivity contribution in [1.29, 1.82) is 0 Å². The zero-order valence-electron chi connectivity index (χ0n) is 7.42. The van der Waals surface area contributed by atoms with Crippen molar-refractivity contribution < 1.29 is 9.90 Å². The molecule has 1 rings (SSSR count). The first kappa shape index (κ1) is 8.72. The number of carbonyl (C=O) groups is 1. The normalized spacial score (nSPS) is 37.0. The van der Waals surface area contributed by atoms with Crippen LogP contribution >= 0.6 is 0 Å². The van der Waals surface area contributed by atoms with Crippen molar-refractivity contribution in [3.05, 3.63) is 0 Å². The van der Waals surface area contributed by atoms with Crippen LogP contribution in [0.1, 0.15) is 33.6 Å². The molecular weight excluding hydrogens is 140 g/mol. The summed E-state index contributed by atoms with van der Waals surface area (Å²) in [6, 6.07) is 0. The molecule has 0 aromatic heterocycles. The molecular formula is C9H16O2. The summed E-state index contributed by atoms with van der Waals surface area (Å²) in [6.07, 6.45) is 1.31. The highest BCUT2D eigenvalue weighted by Gasteiger charge is 2.42. The second-order valence-electron chi connectivity index (χ2n) is 4.16. The Hall–Kier alpha value is -0.370. The van der Waals surface area contributed by atoms with Gasteiger partial charge in [-0.1, -0.05) is 13.8 Å². The Morgan fingerprint density at radius 1 is 1.55 bits per heavy atom.